The first-order chi connectivity index (χ1) is 9.76. The van der Waals surface area contributed by atoms with E-state index in [0.29, 0.717) is 6.54 Å². The van der Waals surface area contributed by atoms with Crippen LogP contribution in [0.15, 0.2) is 36.9 Å². The largest absolute Gasteiger partial charge is 0.497 e. The topological polar surface area (TPSA) is 50.7 Å². The van der Waals surface area contributed by atoms with E-state index in [2.05, 4.69) is 11.9 Å². The van der Waals surface area contributed by atoms with E-state index in [1.165, 1.54) is 0 Å². The molecule has 112 valence electrons. The van der Waals surface area contributed by atoms with Gasteiger partial charge in [-0.05, 0) is 24.3 Å². The Balaban J connectivity index is 2.09. The van der Waals surface area contributed by atoms with E-state index in [1.807, 2.05) is 42.1 Å². The van der Waals surface area contributed by atoms with Crippen molar-refractivity contribution in [2.24, 2.45) is 0 Å². The highest BCUT2D eigenvalue weighted by atomic mass is 32.2. The number of aliphatic hydroxyl groups is 1. The molecule has 2 N–H and O–H groups in total. The van der Waals surface area contributed by atoms with Crippen molar-refractivity contribution >= 4 is 11.8 Å². The first kappa shape index (κ1) is 16.9. The van der Waals surface area contributed by atoms with Gasteiger partial charge >= 0.3 is 0 Å². The van der Waals surface area contributed by atoms with E-state index in [4.69, 9.17) is 9.47 Å². The van der Waals surface area contributed by atoms with E-state index in [-0.39, 0.29) is 6.61 Å². The molecule has 1 atom stereocenters. The van der Waals surface area contributed by atoms with Crippen molar-refractivity contribution in [1.29, 1.82) is 0 Å². The lowest BCUT2D eigenvalue weighted by atomic mass is 10.3. The number of aliphatic hydroxyl groups excluding tert-OH is 1. The number of thioether (sulfide) groups is 1. The summed E-state index contributed by atoms with van der Waals surface area (Å²) in [5.74, 6) is 3.49. The van der Waals surface area contributed by atoms with Gasteiger partial charge < -0.3 is 19.9 Å². The Labute approximate surface area is 125 Å². The van der Waals surface area contributed by atoms with Gasteiger partial charge in [0.1, 0.15) is 24.2 Å². The third-order valence-corrected chi connectivity index (χ3v) is 3.50. The summed E-state index contributed by atoms with van der Waals surface area (Å²) in [7, 11) is 1.62. The van der Waals surface area contributed by atoms with Crippen molar-refractivity contribution in [2.45, 2.75) is 6.10 Å². The summed E-state index contributed by atoms with van der Waals surface area (Å²) < 4.78 is 10.6. The Morgan fingerprint density at radius 1 is 1.35 bits per heavy atom. The van der Waals surface area contributed by atoms with Crippen LogP contribution in [0.25, 0.3) is 0 Å². The molecule has 0 amide bonds. The van der Waals surface area contributed by atoms with Crippen LogP contribution in [0.2, 0.25) is 0 Å². The van der Waals surface area contributed by atoms with Crippen molar-refractivity contribution in [3.63, 3.8) is 0 Å². The van der Waals surface area contributed by atoms with Gasteiger partial charge in [0.25, 0.3) is 0 Å². The molecule has 5 heteroatoms. The van der Waals surface area contributed by atoms with Gasteiger partial charge in [0.15, 0.2) is 0 Å². The van der Waals surface area contributed by atoms with Gasteiger partial charge in [-0.1, -0.05) is 6.08 Å². The number of rotatable bonds is 11. The minimum absolute atomic E-state index is 0.277. The summed E-state index contributed by atoms with van der Waals surface area (Å²) in [5.41, 5.74) is 0. The molecule has 0 fully saturated rings. The van der Waals surface area contributed by atoms with Crippen LogP contribution in [0.3, 0.4) is 0 Å². The number of ether oxygens (including phenoxy) is 2. The molecule has 1 unspecified atom stereocenters. The van der Waals surface area contributed by atoms with Gasteiger partial charge in [0.2, 0.25) is 0 Å². The second kappa shape index (κ2) is 10.6. The number of methoxy groups -OCH3 is 1. The van der Waals surface area contributed by atoms with E-state index in [1.54, 1.807) is 7.11 Å². The first-order valence-corrected chi connectivity index (χ1v) is 7.76. The maximum absolute atomic E-state index is 9.78. The fraction of sp³-hybridized carbons (Fsp3) is 0.467. The fourth-order valence-electron chi connectivity index (χ4n) is 1.50. The van der Waals surface area contributed by atoms with Gasteiger partial charge in [-0.15, -0.1) is 6.58 Å². The van der Waals surface area contributed by atoms with E-state index < -0.39 is 6.10 Å². The summed E-state index contributed by atoms with van der Waals surface area (Å²) in [4.78, 5) is 0. The van der Waals surface area contributed by atoms with Gasteiger partial charge in [-0.25, -0.2) is 0 Å². The maximum atomic E-state index is 9.78. The second-order valence-electron chi connectivity index (χ2n) is 4.21. The summed E-state index contributed by atoms with van der Waals surface area (Å²) in [6.45, 7) is 5.35. The molecule has 0 radical (unpaired) electrons. The summed E-state index contributed by atoms with van der Waals surface area (Å²) >= 11 is 1.81. The number of nitrogens with one attached hydrogen (secondary N) is 1. The lowest BCUT2D eigenvalue weighted by molar-refractivity contribution is 0.107. The van der Waals surface area contributed by atoms with Gasteiger partial charge in [0, 0.05) is 24.6 Å². The minimum Gasteiger partial charge on any atom is -0.497 e. The molecule has 0 aromatic heterocycles. The van der Waals surface area contributed by atoms with Crippen LogP contribution in [-0.4, -0.2) is 49.5 Å². The number of hydrogen-bond donors (Lipinski definition) is 2. The molecule has 4 nitrogen and oxygen atoms in total. The normalized spacial score (nSPS) is 11.9. The molecule has 0 aliphatic rings. The SMILES string of the molecule is C=CCSCCNCC(O)COc1ccc(OC)cc1. The van der Waals surface area contributed by atoms with Crippen LogP contribution in [0, 0.1) is 0 Å². The summed E-state index contributed by atoms with van der Waals surface area (Å²) in [5, 5.41) is 13.0. The molecule has 0 saturated carbocycles. The average molecular weight is 297 g/mol. The van der Waals surface area contributed by atoms with Gasteiger partial charge in [-0.3, -0.25) is 0 Å². The average Bonchev–Trinajstić information content (AvgIpc) is 2.49. The predicted molar refractivity (Wildman–Crippen MR) is 84.9 cm³/mol. The van der Waals surface area contributed by atoms with Crippen LogP contribution in [-0.2, 0) is 0 Å². The molecule has 0 bridgehead atoms. The quantitative estimate of drug-likeness (QED) is 0.483. The maximum Gasteiger partial charge on any atom is 0.119 e. The second-order valence-corrected chi connectivity index (χ2v) is 5.36. The molecule has 1 aromatic rings. The number of hydrogen-bond acceptors (Lipinski definition) is 5. The molecule has 0 heterocycles. The Hall–Kier alpha value is -1.17. The Bertz CT molecular complexity index is 370. The molecule has 0 aliphatic carbocycles. The smallest absolute Gasteiger partial charge is 0.119 e. The van der Waals surface area contributed by atoms with Crippen LogP contribution in [0.4, 0.5) is 0 Å². The number of benzene rings is 1. The molecule has 0 saturated heterocycles. The lowest BCUT2D eigenvalue weighted by Crippen LogP contribution is -2.32. The Morgan fingerprint density at radius 2 is 2.05 bits per heavy atom. The van der Waals surface area contributed by atoms with E-state index in [0.717, 1.165) is 29.5 Å². The Kier molecular flexibility index (Phi) is 8.95. The zero-order valence-corrected chi connectivity index (χ0v) is 12.7. The van der Waals surface area contributed by atoms with Crippen molar-refractivity contribution in [2.75, 3.05) is 38.3 Å². The molecule has 1 aromatic carbocycles. The van der Waals surface area contributed by atoms with Crippen molar-refractivity contribution < 1.29 is 14.6 Å². The third kappa shape index (κ3) is 7.43. The molecule has 20 heavy (non-hydrogen) atoms. The van der Waals surface area contributed by atoms with Crippen molar-refractivity contribution in [1.82, 2.24) is 5.32 Å². The lowest BCUT2D eigenvalue weighted by Gasteiger charge is -2.13. The van der Waals surface area contributed by atoms with Gasteiger partial charge in [0.05, 0.1) is 7.11 Å². The zero-order chi connectivity index (χ0) is 14.6. The zero-order valence-electron chi connectivity index (χ0n) is 11.9. The third-order valence-electron chi connectivity index (χ3n) is 2.54. The van der Waals surface area contributed by atoms with Crippen LogP contribution >= 0.6 is 11.8 Å². The highest BCUT2D eigenvalue weighted by Gasteiger charge is 2.04. The predicted octanol–water partition coefficient (Wildman–Crippen LogP) is 1.94. The van der Waals surface area contributed by atoms with Crippen LogP contribution in [0.5, 0.6) is 11.5 Å². The van der Waals surface area contributed by atoms with Crippen LogP contribution in [0.1, 0.15) is 0 Å². The molecule has 0 aliphatic heterocycles. The first-order valence-electron chi connectivity index (χ1n) is 6.60. The standard InChI is InChI=1S/C15H23NO3S/c1-3-9-20-10-8-16-11-13(17)12-19-15-6-4-14(18-2)5-7-15/h3-7,13,16-17H,1,8-12H2,2H3. The highest BCUT2D eigenvalue weighted by molar-refractivity contribution is 7.99. The summed E-state index contributed by atoms with van der Waals surface area (Å²) in [6, 6.07) is 7.31. The minimum atomic E-state index is -0.512. The molecular formula is C15H23NO3S. The van der Waals surface area contributed by atoms with Gasteiger partial charge in [-0.2, -0.15) is 11.8 Å². The molecule has 1 rings (SSSR count). The van der Waals surface area contributed by atoms with Crippen LogP contribution < -0.4 is 14.8 Å². The monoisotopic (exact) mass is 297 g/mol. The molecular weight excluding hydrogens is 274 g/mol. The molecule has 0 spiro atoms. The van der Waals surface area contributed by atoms with E-state index in [9.17, 15) is 5.11 Å². The summed E-state index contributed by atoms with van der Waals surface area (Å²) in [6.07, 6.45) is 1.38. The van der Waals surface area contributed by atoms with Crippen molar-refractivity contribution in [3.05, 3.63) is 36.9 Å². The fourth-order valence-corrected chi connectivity index (χ4v) is 2.12. The Morgan fingerprint density at radius 3 is 2.70 bits per heavy atom. The highest BCUT2D eigenvalue weighted by Crippen LogP contribution is 2.16. The van der Waals surface area contributed by atoms with E-state index >= 15 is 0 Å². The van der Waals surface area contributed by atoms with Crippen molar-refractivity contribution in [3.8, 4) is 11.5 Å².